The summed E-state index contributed by atoms with van der Waals surface area (Å²) in [7, 11) is 0. The summed E-state index contributed by atoms with van der Waals surface area (Å²) in [5.74, 6) is 0. The lowest BCUT2D eigenvalue weighted by molar-refractivity contribution is 0.991. The summed E-state index contributed by atoms with van der Waals surface area (Å²) in [6.07, 6.45) is 1.20. The Hall–Kier alpha value is -0.520. The molecule has 0 fully saturated rings. The average Bonchev–Trinajstić information content (AvgIpc) is 1.89. The molecule has 0 unspecified atom stereocenters. The fourth-order valence-corrected chi connectivity index (χ4v) is 1.48. The molecule has 0 saturated heterocycles. The summed E-state index contributed by atoms with van der Waals surface area (Å²) in [6, 6.07) is 0. The van der Waals surface area contributed by atoms with Crippen LogP contribution in [0, 0.1) is 0 Å². The zero-order chi connectivity index (χ0) is 7.02. The highest BCUT2D eigenvalue weighted by molar-refractivity contribution is 5.56. The molecule has 0 bridgehead atoms. The van der Waals surface area contributed by atoms with E-state index in [1.54, 1.807) is 5.57 Å². The van der Waals surface area contributed by atoms with Crippen LogP contribution in [-0.4, -0.2) is 0 Å². The lowest BCUT2D eigenvalue weighted by atomic mass is 9.82. The summed E-state index contributed by atoms with van der Waals surface area (Å²) >= 11 is 0. The van der Waals surface area contributed by atoms with Gasteiger partial charge in [0.15, 0.2) is 0 Å². The van der Waals surface area contributed by atoms with Crippen LogP contribution >= 0.6 is 0 Å². The van der Waals surface area contributed by atoms with Gasteiger partial charge in [-0.3, -0.25) is 0 Å². The van der Waals surface area contributed by atoms with Gasteiger partial charge in [0.2, 0.25) is 0 Å². The third-order valence-corrected chi connectivity index (χ3v) is 2.38. The minimum Gasteiger partial charge on any atom is -0.0613 e. The molecule has 0 saturated carbocycles. The van der Waals surface area contributed by atoms with E-state index < -0.39 is 0 Å². The number of allylic oxidation sites excluding steroid dienone is 4. The Morgan fingerprint density at radius 2 is 1.44 bits per heavy atom. The van der Waals surface area contributed by atoms with Gasteiger partial charge < -0.3 is 0 Å². The van der Waals surface area contributed by atoms with Crippen molar-refractivity contribution < 1.29 is 0 Å². The van der Waals surface area contributed by atoms with Crippen molar-refractivity contribution >= 4 is 0 Å². The summed E-state index contributed by atoms with van der Waals surface area (Å²) in [4.78, 5) is 0. The van der Waals surface area contributed by atoms with E-state index in [9.17, 15) is 0 Å². The summed E-state index contributed by atoms with van der Waals surface area (Å²) < 4.78 is 0. The van der Waals surface area contributed by atoms with E-state index in [1.807, 2.05) is 0 Å². The van der Waals surface area contributed by atoms with Gasteiger partial charge in [-0.2, -0.15) is 0 Å². The van der Waals surface area contributed by atoms with Crippen LogP contribution in [0.5, 0.6) is 0 Å². The second kappa shape index (κ2) is 2.02. The van der Waals surface area contributed by atoms with E-state index in [0.717, 1.165) is 0 Å². The van der Waals surface area contributed by atoms with Crippen LogP contribution in [0.15, 0.2) is 22.3 Å². The average molecular weight is 122 g/mol. The summed E-state index contributed by atoms with van der Waals surface area (Å²) in [5.41, 5.74) is 6.13. The van der Waals surface area contributed by atoms with Crippen LogP contribution in [0.2, 0.25) is 0 Å². The fourth-order valence-electron chi connectivity index (χ4n) is 1.48. The predicted octanol–water partition coefficient (Wildman–Crippen LogP) is 3.06. The van der Waals surface area contributed by atoms with Crippen LogP contribution in [0.1, 0.15) is 34.1 Å². The van der Waals surface area contributed by atoms with Crippen LogP contribution in [0.4, 0.5) is 0 Å². The Morgan fingerprint density at radius 3 is 1.67 bits per heavy atom. The molecule has 9 heavy (non-hydrogen) atoms. The van der Waals surface area contributed by atoms with Gasteiger partial charge in [-0.05, 0) is 49.5 Å². The quantitative estimate of drug-likeness (QED) is 0.501. The number of hydrogen-bond donors (Lipinski definition) is 0. The van der Waals surface area contributed by atoms with Gasteiger partial charge in [0.05, 0.1) is 0 Å². The molecule has 0 spiro atoms. The van der Waals surface area contributed by atoms with E-state index in [1.165, 1.54) is 23.1 Å². The molecule has 0 heterocycles. The Morgan fingerprint density at radius 1 is 0.889 bits per heavy atom. The molecular formula is C9H14. The first kappa shape index (κ1) is 6.60. The molecule has 0 nitrogen and oxygen atoms in total. The van der Waals surface area contributed by atoms with Crippen LogP contribution in [0.25, 0.3) is 0 Å². The van der Waals surface area contributed by atoms with Crippen molar-refractivity contribution in [1.82, 2.24) is 0 Å². The summed E-state index contributed by atoms with van der Waals surface area (Å²) in [5, 5.41) is 0. The van der Waals surface area contributed by atoms with Crippen molar-refractivity contribution in [3.63, 3.8) is 0 Å². The molecule has 0 aromatic carbocycles. The monoisotopic (exact) mass is 122 g/mol. The molecule has 0 aromatic heterocycles. The van der Waals surface area contributed by atoms with Crippen LogP contribution in [-0.2, 0) is 0 Å². The van der Waals surface area contributed by atoms with E-state index in [4.69, 9.17) is 0 Å². The molecule has 0 amide bonds. The van der Waals surface area contributed by atoms with Gasteiger partial charge in [-0.1, -0.05) is 6.92 Å². The van der Waals surface area contributed by atoms with Crippen molar-refractivity contribution in [3.8, 4) is 0 Å². The van der Waals surface area contributed by atoms with Crippen LogP contribution in [0.3, 0.4) is 0 Å². The Labute approximate surface area is 57.3 Å². The fraction of sp³-hybridized carbons (Fsp3) is 0.556. The van der Waals surface area contributed by atoms with E-state index in [0.29, 0.717) is 0 Å². The molecule has 0 radical (unpaired) electrons. The van der Waals surface area contributed by atoms with E-state index in [2.05, 4.69) is 27.7 Å². The van der Waals surface area contributed by atoms with Crippen molar-refractivity contribution in [2.24, 2.45) is 0 Å². The maximum absolute atomic E-state index is 2.22. The molecule has 0 aliphatic heterocycles. The largest absolute Gasteiger partial charge is 0.0613 e. The van der Waals surface area contributed by atoms with Crippen LogP contribution < -0.4 is 0 Å². The van der Waals surface area contributed by atoms with Gasteiger partial charge in [-0.15, -0.1) is 0 Å². The van der Waals surface area contributed by atoms with E-state index >= 15 is 0 Å². The lowest BCUT2D eigenvalue weighted by Crippen LogP contribution is -2.04. The minimum absolute atomic E-state index is 1.20. The first-order valence-electron chi connectivity index (χ1n) is 3.56. The maximum atomic E-state index is 2.22. The molecule has 50 valence electrons. The second-order valence-corrected chi connectivity index (χ2v) is 2.71. The molecule has 0 aromatic rings. The van der Waals surface area contributed by atoms with Crippen molar-refractivity contribution in [2.45, 2.75) is 34.1 Å². The summed E-state index contributed by atoms with van der Waals surface area (Å²) in [6.45, 7) is 8.83. The maximum Gasteiger partial charge on any atom is -0.0302 e. The molecule has 1 rings (SSSR count). The van der Waals surface area contributed by atoms with Gasteiger partial charge in [0.25, 0.3) is 0 Å². The lowest BCUT2D eigenvalue weighted by Gasteiger charge is -2.24. The highest BCUT2D eigenvalue weighted by Gasteiger charge is 2.16. The highest BCUT2D eigenvalue weighted by atomic mass is 14.2. The molecule has 1 aliphatic rings. The van der Waals surface area contributed by atoms with Crippen molar-refractivity contribution in [1.29, 1.82) is 0 Å². The predicted molar refractivity (Wildman–Crippen MR) is 41.4 cm³/mol. The topological polar surface area (TPSA) is 0 Å². The molecule has 0 heteroatoms. The zero-order valence-electron chi connectivity index (χ0n) is 6.71. The van der Waals surface area contributed by atoms with Gasteiger partial charge >= 0.3 is 0 Å². The standard InChI is InChI=1S/C9H14/c1-5-9-7(3)6(2)8(9)4/h5H2,1-4H3. The Balaban J connectivity index is 2.79. The van der Waals surface area contributed by atoms with Crippen molar-refractivity contribution in [2.75, 3.05) is 0 Å². The third-order valence-electron chi connectivity index (χ3n) is 2.38. The first-order chi connectivity index (χ1) is 4.18. The number of rotatable bonds is 1. The van der Waals surface area contributed by atoms with E-state index in [-0.39, 0.29) is 0 Å². The molecule has 0 N–H and O–H groups in total. The van der Waals surface area contributed by atoms with Gasteiger partial charge in [0, 0.05) is 0 Å². The first-order valence-corrected chi connectivity index (χ1v) is 3.56. The second-order valence-electron chi connectivity index (χ2n) is 2.71. The third kappa shape index (κ3) is 0.735. The Bertz CT molecular complexity index is 192. The smallest absolute Gasteiger partial charge is 0.0302 e. The molecular weight excluding hydrogens is 108 g/mol. The van der Waals surface area contributed by atoms with Gasteiger partial charge in [0.1, 0.15) is 0 Å². The Kier molecular flexibility index (Phi) is 1.48. The molecule has 1 aliphatic carbocycles. The zero-order valence-corrected chi connectivity index (χ0v) is 6.71. The minimum atomic E-state index is 1.20. The highest BCUT2D eigenvalue weighted by Crippen LogP contribution is 2.35. The number of hydrogen-bond acceptors (Lipinski definition) is 0. The van der Waals surface area contributed by atoms with Gasteiger partial charge in [-0.25, -0.2) is 0 Å². The van der Waals surface area contributed by atoms with Crippen molar-refractivity contribution in [3.05, 3.63) is 22.3 Å². The molecule has 0 atom stereocenters. The SMILES string of the molecule is CCC1=C(C)C(C)=C1C. The normalized spacial score (nSPS) is 18.7.